The van der Waals surface area contributed by atoms with E-state index in [-0.39, 0.29) is 0 Å². The van der Waals surface area contributed by atoms with E-state index in [0.717, 1.165) is 16.4 Å². The maximum Gasteiger partial charge on any atom is -0.00584 e. The molecule has 16 heavy (non-hydrogen) atoms. The van der Waals surface area contributed by atoms with E-state index in [9.17, 15) is 0 Å². The molecule has 0 spiro atoms. The molecule has 0 saturated carbocycles. The van der Waals surface area contributed by atoms with Crippen LogP contribution in [0, 0.1) is 27.7 Å². The van der Waals surface area contributed by atoms with Gasteiger partial charge >= 0.3 is 0 Å². The van der Waals surface area contributed by atoms with Crippen LogP contribution in [0.25, 0.3) is 12.2 Å². The summed E-state index contributed by atoms with van der Waals surface area (Å²) in [5, 5.41) is 3.01. The fourth-order valence-electron chi connectivity index (χ4n) is 1.74. The lowest BCUT2D eigenvalue weighted by Crippen LogP contribution is -1.75. The molecule has 0 aliphatic rings. The predicted molar refractivity (Wildman–Crippen MR) is 79.8 cm³/mol. The summed E-state index contributed by atoms with van der Waals surface area (Å²) in [5.41, 5.74) is 5.84. The summed E-state index contributed by atoms with van der Waals surface area (Å²) in [6, 6.07) is 0. The lowest BCUT2D eigenvalue weighted by molar-refractivity contribution is 1.39. The molecule has 0 aliphatic heterocycles. The number of hydrogen-bond donors (Lipinski definition) is 0. The van der Waals surface area contributed by atoms with Crippen molar-refractivity contribution >= 4 is 28.5 Å². The van der Waals surface area contributed by atoms with Gasteiger partial charge in [-0.1, -0.05) is 12.2 Å². The number of rotatable bonds is 2. The van der Waals surface area contributed by atoms with E-state index in [2.05, 4.69) is 51.4 Å². The van der Waals surface area contributed by atoms with Gasteiger partial charge in [-0.05, 0) is 72.1 Å². The van der Waals surface area contributed by atoms with Crippen LogP contribution in [0.5, 0.6) is 0 Å². The first kappa shape index (κ1) is 11.8. The third-order valence-corrected chi connectivity index (χ3v) is 6.16. The second kappa shape index (κ2) is 4.66. The monoisotopic (exact) mass is 248 g/mol. The molecule has 0 fully saturated rings. The topological polar surface area (TPSA) is 0 Å². The van der Waals surface area contributed by atoms with Gasteiger partial charge in [-0.15, -0.1) is 16.4 Å². The molecule has 0 nitrogen and oxygen atoms in total. The SMILES string of the molecule is Cc1c[pH]c(/C=C\c2[pH]cc(C)c2C)c1C. The predicted octanol–water partition coefficient (Wildman–Crippen LogP) is 5.15. The van der Waals surface area contributed by atoms with Crippen LogP contribution < -0.4 is 0 Å². The van der Waals surface area contributed by atoms with E-state index in [1.54, 1.807) is 0 Å². The molecule has 84 valence electrons. The minimum absolute atomic E-state index is 0.863. The van der Waals surface area contributed by atoms with Crippen molar-refractivity contribution in [3.05, 3.63) is 44.4 Å². The van der Waals surface area contributed by atoms with Gasteiger partial charge in [0.05, 0.1) is 0 Å². The van der Waals surface area contributed by atoms with E-state index in [1.165, 1.54) is 32.8 Å². The van der Waals surface area contributed by atoms with Crippen molar-refractivity contribution in [2.75, 3.05) is 0 Å². The molecule has 2 aromatic rings. The Morgan fingerprint density at radius 3 is 1.38 bits per heavy atom. The molecule has 0 amide bonds. The van der Waals surface area contributed by atoms with Crippen LogP contribution in [0.3, 0.4) is 0 Å². The Bertz CT molecular complexity index is 479. The second-order valence-electron chi connectivity index (χ2n) is 4.35. The van der Waals surface area contributed by atoms with Crippen molar-refractivity contribution in [3.8, 4) is 0 Å². The first-order valence-electron chi connectivity index (χ1n) is 5.57. The molecule has 0 bridgehead atoms. The number of aryl methyl sites for hydroxylation is 2. The Hall–Kier alpha value is -0.700. The van der Waals surface area contributed by atoms with Gasteiger partial charge in [0, 0.05) is 0 Å². The molecule has 0 aliphatic carbocycles. The molecule has 2 heterocycles. The lowest BCUT2D eigenvalue weighted by Gasteiger charge is -1.95. The Balaban J connectivity index is 2.28. The molecule has 2 unspecified atom stereocenters. The van der Waals surface area contributed by atoms with Gasteiger partial charge in [0.1, 0.15) is 0 Å². The normalized spacial score (nSPS) is 12.5. The van der Waals surface area contributed by atoms with E-state index in [0.29, 0.717) is 0 Å². The van der Waals surface area contributed by atoms with Crippen molar-refractivity contribution in [1.82, 2.24) is 0 Å². The summed E-state index contributed by atoms with van der Waals surface area (Å²) in [6.07, 6.45) is 4.64. The first-order chi connectivity index (χ1) is 7.59. The van der Waals surface area contributed by atoms with Crippen LogP contribution in [-0.2, 0) is 0 Å². The fraction of sp³-hybridized carbons (Fsp3) is 0.286. The van der Waals surface area contributed by atoms with Crippen LogP contribution in [0.2, 0.25) is 0 Å². The van der Waals surface area contributed by atoms with Gasteiger partial charge in [0.15, 0.2) is 0 Å². The summed E-state index contributed by atoms with van der Waals surface area (Å²) < 4.78 is 0. The Labute approximate surface area is 101 Å². The van der Waals surface area contributed by atoms with Gasteiger partial charge in [0.2, 0.25) is 0 Å². The van der Waals surface area contributed by atoms with Crippen molar-refractivity contribution in [2.24, 2.45) is 0 Å². The highest BCUT2D eigenvalue weighted by molar-refractivity contribution is 7.32. The average molecular weight is 248 g/mol. The Kier molecular flexibility index (Phi) is 3.43. The molecular formula is C14H18P2. The maximum atomic E-state index is 2.34. The minimum Gasteiger partial charge on any atom is -0.132 e. The highest BCUT2D eigenvalue weighted by atomic mass is 31.0. The summed E-state index contributed by atoms with van der Waals surface area (Å²) in [7, 11) is 1.73. The van der Waals surface area contributed by atoms with E-state index in [1.807, 2.05) is 0 Å². The van der Waals surface area contributed by atoms with Gasteiger partial charge < -0.3 is 0 Å². The third kappa shape index (κ3) is 2.19. The van der Waals surface area contributed by atoms with Gasteiger partial charge in [-0.3, -0.25) is 0 Å². The smallest absolute Gasteiger partial charge is 0.00584 e. The molecular weight excluding hydrogens is 230 g/mol. The van der Waals surface area contributed by atoms with Crippen LogP contribution in [-0.4, -0.2) is 0 Å². The maximum absolute atomic E-state index is 2.34. The molecule has 2 atom stereocenters. The summed E-state index contributed by atoms with van der Waals surface area (Å²) in [5.74, 6) is 4.69. The van der Waals surface area contributed by atoms with Crippen molar-refractivity contribution in [3.63, 3.8) is 0 Å². The summed E-state index contributed by atoms with van der Waals surface area (Å²) >= 11 is 0. The van der Waals surface area contributed by atoms with Crippen LogP contribution in [0.1, 0.15) is 32.8 Å². The van der Waals surface area contributed by atoms with E-state index >= 15 is 0 Å². The summed E-state index contributed by atoms with van der Waals surface area (Å²) in [6.45, 7) is 8.87. The minimum atomic E-state index is 0.863. The van der Waals surface area contributed by atoms with Crippen molar-refractivity contribution in [2.45, 2.75) is 27.7 Å². The third-order valence-electron chi connectivity index (χ3n) is 3.30. The molecule has 2 heteroatoms. The molecule has 0 radical (unpaired) electrons. The van der Waals surface area contributed by atoms with E-state index in [4.69, 9.17) is 0 Å². The number of hydrogen-bond acceptors (Lipinski definition) is 0. The van der Waals surface area contributed by atoms with E-state index < -0.39 is 0 Å². The highest BCUT2D eigenvalue weighted by Gasteiger charge is 2.01. The van der Waals surface area contributed by atoms with Crippen molar-refractivity contribution < 1.29 is 0 Å². The zero-order chi connectivity index (χ0) is 11.7. The van der Waals surface area contributed by atoms with Crippen LogP contribution in [0.15, 0.2) is 11.6 Å². The average Bonchev–Trinajstić information content (AvgIpc) is 2.74. The second-order valence-corrected chi connectivity index (χ2v) is 6.59. The van der Waals surface area contributed by atoms with Gasteiger partial charge in [0.25, 0.3) is 0 Å². The fourth-order valence-corrected chi connectivity index (χ4v) is 4.11. The largest absolute Gasteiger partial charge is 0.132 e. The summed E-state index contributed by atoms with van der Waals surface area (Å²) in [4.78, 5) is 0. The molecule has 2 aromatic heterocycles. The molecule has 0 N–H and O–H groups in total. The van der Waals surface area contributed by atoms with Crippen LogP contribution in [0.4, 0.5) is 0 Å². The Morgan fingerprint density at radius 2 is 1.12 bits per heavy atom. The quantitative estimate of drug-likeness (QED) is 0.689. The van der Waals surface area contributed by atoms with Gasteiger partial charge in [-0.2, -0.15) is 0 Å². The lowest BCUT2D eigenvalue weighted by atomic mass is 10.1. The molecule has 0 aromatic carbocycles. The standard InChI is InChI=1S/C14H18P2/c1-9-7-15-13(11(9)3)5-6-14-12(4)10(2)8-16-14/h5-8,15-16H,1-4H3/b6-5-. The first-order valence-corrected chi connectivity index (χ1v) is 7.72. The molecule has 2 rings (SSSR count). The van der Waals surface area contributed by atoms with Crippen LogP contribution >= 0.6 is 16.4 Å². The zero-order valence-electron chi connectivity index (χ0n) is 10.3. The zero-order valence-corrected chi connectivity index (χ0v) is 12.3. The van der Waals surface area contributed by atoms with Gasteiger partial charge in [-0.25, -0.2) is 0 Å². The molecule has 0 saturated heterocycles. The van der Waals surface area contributed by atoms with Crippen molar-refractivity contribution in [1.29, 1.82) is 0 Å². The highest BCUT2D eigenvalue weighted by Crippen LogP contribution is 2.31. The Morgan fingerprint density at radius 1 is 0.750 bits per heavy atom.